The van der Waals surface area contributed by atoms with Gasteiger partial charge in [0.15, 0.2) is 5.69 Å². The molecule has 1 aromatic rings. The zero-order valence-electron chi connectivity index (χ0n) is 7.65. The van der Waals surface area contributed by atoms with Gasteiger partial charge in [0, 0.05) is 13.2 Å². The molecule has 0 radical (unpaired) electrons. The predicted molar refractivity (Wildman–Crippen MR) is 43.3 cm³/mol. The molecule has 0 saturated heterocycles. The highest BCUT2D eigenvalue weighted by Gasteiger charge is 2.45. The highest BCUT2D eigenvalue weighted by Crippen LogP contribution is 2.35. The molecule has 3 nitrogen and oxygen atoms in total. The Balaban J connectivity index is 3.30. The van der Waals surface area contributed by atoms with Crippen molar-refractivity contribution >= 4 is 17.4 Å². The maximum atomic E-state index is 12.6. The monoisotopic (exact) mass is 262 g/mol. The summed E-state index contributed by atoms with van der Waals surface area (Å²) in [7, 11) is 1.10. The molecule has 0 aliphatic rings. The van der Waals surface area contributed by atoms with Gasteiger partial charge in [-0.15, -0.1) is 0 Å². The molecule has 0 unspecified atom stereocenters. The van der Waals surface area contributed by atoms with E-state index in [0.717, 1.165) is 7.05 Å². The largest absolute Gasteiger partial charge is 0.455 e. The van der Waals surface area contributed by atoms with Gasteiger partial charge in [0.1, 0.15) is 0 Å². The Hall–Kier alpha value is -1.18. The summed E-state index contributed by atoms with van der Waals surface area (Å²) >= 11 is 4.54. The molecule has 90 valence electrons. The van der Waals surface area contributed by atoms with Gasteiger partial charge in [-0.25, -0.2) is 0 Å². The second kappa shape index (κ2) is 3.69. The van der Waals surface area contributed by atoms with Crippen LogP contribution in [0.5, 0.6) is 0 Å². The van der Waals surface area contributed by atoms with E-state index in [1.54, 1.807) is 0 Å². The number of hydrogen-bond acceptors (Lipinski definition) is 2. The highest BCUT2D eigenvalue weighted by molar-refractivity contribution is 6.22. The van der Waals surface area contributed by atoms with Gasteiger partial charge in [-0.05, 0) is 11.6 Å². The van der Waals surface area contributed by atoms with Crippen LogP contribution in [0, 0.1) is 0 Å². The van der Waals surface area contributed by atoms with E-state index in [1.807, 2.05) is 0 Å². The lowest BCUT2D eigenvalue weighted by atomic mass is 10.1. The van der Waals surface area contributed by atoms with Gasteiger partial charge < -0.3 is 0 Å². The summed E-state index contributed by atoms with van der Waals surface area (Å²) in [5.41, 5.74) is -2.66. The maximum Gasteiger partial charge on any atom is 0.455 e. The molecule has 1 rings (SSSR count). The van der Waals surface area contributed by atoms with Crippen LogP contribution in [0.4, 0.5) is 22.0 Å². The van der Waals surface area contributed by atoms with Crippen LogP contribution in [0.1, 0.15) is 16.1 Å². The van der Waals surface area contributed by atoms with Crippen LogP contribution in [-0.4, -0.2) is 21.7 Å². The number of carbonyl (C=O) groups excluding carboxylic acids is 1. The van der Waals surface area contributed by atoms with Crippen LogP contribution in [0.3, 0.4) is 0 Å². The molecule has 1 aromatic heterocycles. The number of carbonyl (C=O) groups is 1. The molecule has 0 aliphatic heterocycles. The van der Waals surface area contributed by atoms with Crippen LogP contribution in [0.2, 0.25) is 0 Å². The Morgan fingerprint density at radius 2 is 1.88 bits per heavy atom. The third-order valence-electron chi connectivity index (χ3n) is 1.60. The Morgan fingerprint density at radius 3 is 2.25 bits per heavy atom. The van der Waals surface area contributed by atoms with Gasteiger partial charge in [0.2, 0.25) is 0 Å². The Bertz CT molecular complexity index is 419. The SMILES string of the molecule is Cn1cc(C(=O)C(F)(F)F)c(C(F)(F)Cl)n1. The Morgan fingerprint density at radius 1 is 1.38 bits per heavy atom. The zero-order valence-corrected chi connectivity index (χ0v) is 8.40. The quantitative estimate of drug-likeness (QED) is 0.466. The molecule has 16 heavy (non-hydrogen) atoms. The van der Waals surface area contributed by atoms with Crippen molar-refractivity contribution in [3.63, 3.8) is 0 Å². The lowest BCUT2D eigenvalue weighted by Crippen LogP contribution is -2.25. The average Bonchev–Trinajstić information content (AvgIpc) is 2.43. The molecule has 9 heteroatoms. The van der Waals surface area contributed by atoms with Crippen molar-refractivity contribution in [1.82, 2.24) is 9.78 Å². The second-order valence-corrected chi connectivity index (χ2v) is 3.36. The first-order valence-electron chi connectivity index (χ1n) is 3.76. The molecule has 0 aromatic carbocycles. The standard InChI is InChI=1S/C7H4ClF5N2O/c1-15-2-3(5(16)7(11,12)13)4(14-15)6(8,9)10/h2H,1H3. The number of aromatic nitrogens is 2. The topological polar surface area (TPSA) is 34.9 Å². The number of halogens is 6. The lowest BCUT2D eigenvalue weighted by molar-refractivity contribution is -0.0887. The van der Waals surface area contributed by atoms with Gasteiger partial charge in [0.25, 0.3) is 5.78 Å². The number of Topliss-reactive ketones (excluding diaryl/α,β-unsaturated/α-hetero) is 1. The number of ketones is 1. The van der Waals surface area contributed by atoms with Crippen LogP contribution in [0.15, 0.2) is 6.20 Å². The summed E-state index contributed by atoms with van der Waals surface area (Å²) in [4.78, 5) is 10.8. The highest BCUT2D eigenvalue weighted by atomic mass is 35.5. The second-order valence-electron chi connectivity index (χ2n) is 2.89. The van der Waals surface area contributed by atoms with E-state index in [4.69, 9.17) is 0 Å². The van der Waals surface area contributed by atoms with Gasteiger partial charge in [0.05, 0.1) is 5.56 Å². The Labute approximate surface area is 90.8 Å². The van der Waals surface area contributed by atoms with Crippen molar-refractivity contribution in [3.8, 4) is 0 Å². The summed E-state index contributed by atoms with van der Waals surface area (Å²) in [6.45, 7) is 0. The first-order valence-corrected chi connectivity index (χ1v) is 4.13. The molecule has 0 bridgehead atoms. The average molecular weight is 263 g/mol. The molecule has 0 spiro atoms. The molecular weight excluding hydrogens is 259 g/mol. The maximum absolute atomic E-state index is 12.6. The van der Waals surface area contributed by atoms with Crippen molar-refractivity contribution in [2.45, 2.75) is 11.6 Å². The summed E-state index contributed by atoms with van der Waals surface area (Å²) in [5, 5.41) is -1.10. The fourth-order valence-electron chi connectivity index (χ4n) is 1.02. The van der Waals surface area contributed by atoms with Gasteiger partial charge in [-0.3, -0.25) is 9.48 Å². The fraction of sp³-hybridized carbons (Fsp3) is 0.429. The summed E-state index contributed by atoms with van der Waals surface area (Å²) in [5.74, 6) is -2.41. The van der Waals surface area contributed by atoms with E-state index in [9.17, 15) is 26.7 Å². The summed E-state index contributed by atoms with van der Waals surface area (Å²) in [6, 6.07) is 0. The summed E-state index contributed by atoms with van der Waals surface area (Å²) < 4.78 is 62.1. The lowest BCUT2D eigenvalue weighted by Gasteiger charge is -2.08. The van der Waals surface area contributed by atoms with Crippen molar-refractivity contribution < 1.29 is 26.7 Å². The van der Waals surface area contributed by atoms with Crippen molar-refractivity contribution in [2.24, 2.45) is 7.05 Å². The van der Waals surface area contributed by atoms with Crippen LogP contribution < -0.4 is 0 Å². The fourth-order valence-corrected chi connectivity index (χ4v) is 1.16. The third kappa shape index (κ3) is 2.49. The first kappa shape index (κ1) is 12.9. The van der Waals surface area contributed by atoms with Gasteiger partial charge in [-0.2, -0.15) is 27.1 Å². The molecule has 1 heterocycles. The van der Waals surface area contributed by atoms with Crippen LogP contribution >= 0.6 is 11.6 Å². The van der Waals surface area contributed by atoms with Gasteiger partial charge >= 0.3 is 11.6 Å². The minimum Gasteiger partial charge on any atom is -0.284 e. The minimum absolute atomic E-state index is 0.543. The number of alkyl halides is 6. The molecule has 0 atom stereocenters. The van der Waals surface area contributed by atoms with Crippen molar-refractivity contribution in [1.29, 1.82) is 0 Å². The van der Waals surface area contributed by atoms with Crippen LogP contribution in [-0.2, 0) is 12.4 Å². The molecule has 0 fully saturated rings. The van der Waals surface area contributed by atoms with E-state index in [-0.39, 0.29) is 0 Å². The first-order chi connectivity index (χ1) is 7.03. The van der Waals surface area contributed by atoms with E-state index >= 15 is 0 Å². The molecular formula is C7H4ClF5N2O. The third-order valence-corrected chi connectivity index (χ3v) is 1.78. The van der Waals surface area contributed by atoms with Crippen molar-refractivity contribution in [2.75, 3.05) is 0 Å². The number of rotatable bonds is 2. The normalized spacial score (nSPS) is 12.9. The number of nitrogens with zero attached hydrogens (tertiary/aromatic N) is 2. The summed E-state index contributed by atoms with van der Waals surface area (Å²) in [6.07, 6.45) is -4.71. The zero-order chi connectivity index (χ0) is 12.7. The van der Waals surface area contributed by atoms with E-state index < -0.39 is 28.6 Å². The molecule has 0 N–H and O–H groups in total. The molecule has 0 amide bonds. The number of aryl methyl sites for hydroxylation is 1. The van der Waals surface area contributed by atoms with Crippen molar-refractivity contribution in [3.05, 3.63) is 17.5 Å². The Kier molecular flexibility index (Phi) is 2.97. The van der Waals surface area contributed by atoms with E-state index in [1.165, 1.54) is 0 Å². The van der Waals surface area contributed by atoms with Gasteiger partial charge in [-0.1, -0.05) is 0 Å². The molecule has 0 aliphatic carbocycles. The minimum atomic E-state index is -5.25. The predicted octanol–water partition coefficient (Wildman–Crippen LogP) is 2.45. The van der Waals surface area contributed by atoms with E-state index in [0.29, 0.717) is 10.9 Å². The van der Waals surface area contributed by atoms with Crippen LogP contribution in [0.25, 0.3) is 0 Å². The van der Waals surface area contributed by atoms with E-state index in [2.05, 4.69) is 16.7 Å². The molecule has 0 saturated carbocycles. The smallest absolute Gasteiger partial charge is 0.284 e. The number of hydrogen-bond donors (Lipinski definition) is 0.